The zero-order valence-corrected chi connectivity index (χ0v) is 27.4. The Kier molecular flexibility index (Phi) is 10.6. The number of benzene rings is 3. The number of carbonyl (C=O) groups is 1. The van der Waals surface area contributed by atoms with Crippen molar-refractivity contribution >= 4 is 69.1 Å². The molecule has 1 aromatic heterocycles. The van der Waals surface area contributed by atoms with Crippen LogP contribution in [-0.2, 0) is 4.84 Å². The first-order valence-electron chi connectivity index (χ1n) is 14.3. The van der Waals surface area contributed by atoms with Crippen molar-refractivity contribution in [3.8, 4) is 0 Å². The number of rotatable bonds is 10. The lowest BCUT2D eigenvalue weighted by Crippen LogP contribution is -2.39. The Morgan fingerprint density at radius 3 is 2.41 bits per heavy atom. The van der Waals surface area contributed by atoms with Gasteiger partial charge in [-0.1, -0.05) is 69.8 Å². The van der Waals surface area contributed by atoms with E-state index in [2.05, 4.69) is 15.0 Å². The molecule has 1 saturated heterocycles. The molecule has 44 heavy (non-hydrogen) atoms. The van der Waals surface area contributed by atoms with E-state index in [0.717, 1.165) is 49.1 Å². The Morgan fingerprint density at radius 2 is 1.73 bits per heavy atom. The Bertz CT molecular complexity index is 1710. The van der Waals surface area contributed by atoms with Crippen LogP contribution in [0.3, 0.4) is 0 Å². The standard InChI is InChI=1S/C32H33Cl4N5O3/c1-39(31(42)21-15-22(33)18-23(34)16-21)19-29(38-44-2)25(20-7-8-26(35)27(36)17-20)11-14-40-12-9-24(10-13-40)41-30-6-4-3-5-28(30)37-32(41)43/h3-8,15-18,24-25H,9-14,19H2,1-2H3,(H,37,43)/b38-29-/t25-/m1/s1. The van der Waals surface area contributed by atoms with Crippen LogP contribution in [0.1, 0.15) is 47.1 Å². The predicted molar refractivity (Wildman–Crippen MR) is 179 cm³/mol. The van der Waals surface area contributed by atoms with Crippen LogP contribution in [0, 0.1) is 0 Å². The molecule has 5 rings (SSSR count). The van der Waals surface area contributed by atoms with Crippen molar-refractivity contribution < 1.29 is 9.63 Å². The molecule has 12 heteroatoms. The first-order chi connectivity index (χ1) is 21.1. The second-order valence-electron chi connectivity index (χ2n) is 11.0. The lowest BCUT2D eigenvalue weighted by molar-refractivity contribution is 0.0812. The number of imidazole rings is 1. The van der Waals surface area contributed by atoms with Gasteiger partial charge < -0.3 is 19.6 Å². The Labute approximate surface area is 276 Å². The van der Waals surface area contributed by atoms with Crippen LogP contribution in [0.25, 0.3) is 11.0 Å². The van der Waals surface area contributed by atoms with Gasteiger partial charge in [0, 0.05) is 47.7 Å². The molecule has 0 saturated carbocycles. The molecule has 1 amide bonds. The average molecular weight is 677 g/mol. The molecule has 3 aromatic carbocycles. The van der Waals surface area contributed by atoms with E-state index in [-0.39, 0.29) is 30.1 Å². The highest BCUT2D eigenvalue weighted by atomic mass is 35.5. The van der Waals surface area contributed by atoms with Gasteiger partial charge in [0.25, 0.3) is 5.91 Å². The van der Waals surface area contributed by atoms with Gasteiger partial charge >= 0.3 is 5.69 Å². The predicted octanol–water partition coefficient (Wildman–Crippen LogP) is 7.53. The first-order valence-corrected chi connectivity index (χ1v) is 15.8. The third kappa shape index (κ3) is 7.44. The van der Waals surface area contributed by atoms with Gasteiger partial charge in [0.15, 0.2) is 0 Å². The number of hydrogen-bond acceptors (Lipinski definition) is 5. The van der Waals surface area contributed by atoms with Crippen LogP contribution in [0.2, 0.25) is 20.1 Å². The number of H-pyrrole nitrogens is 1. The minimum atomic E-state index is -0.249. The molecule has 0 unspecified atom stereocenters. The molecule has 8 nitrogen and oxygen atoms in total. The number of fused-ring (bicyclic) bond motifs is 1. The van der Waals surface area contributed by atoms with Crippen LogP contribution < -0.4 is 5.69 Å². The van der Waals surface area contributed by atoms with E-state index in [0.29, 0.717) is 37.8 Å². The summed E-state index contributed by atoms with van der Waals surface area (Å²) in [5.41, 5.74) is 3.69. The van der Waals surface area contributed by atoms with Gasteiger partial charge in [-0.3, -0.25) is 9.36 Å². The number of nitrogens with zero attached hydrogens (tertiary/aromatic N) is 4. The number of carbonyl (C=O) groups excluding carboxylic acids is 1. The molecule has 0 spiro atoms. The Balaban J connectivity index is 1.32. The molecule has 2 heterocycles. The van der Waals surface area contributed by atoms with Gasteiger partial charge in [0.2, 0.25) is 0 Å². The molecular weight excluding hydrogens is 644 g/mol. The third-order valence-electron chi connectivity index (χ3n) is 8.09. The summed E-state index contributed by atoms with van der Waals surface area (Å²) in [5, 5.41) is 6.05. The average Bonchev–Trinajstić information content (AvgIpc) is 3.34. The van der Waals surface area contributed by atoms with E-state index in [1.807, 2.05) is 41.0 Å². The number of likely N-dealkylation sites (tertiary alicyclic amines) is 1. The zero-order chi connectivity index (χ0) is 31.4. The van der Waals surface area contributed by atoms with E-state index < -0.39 is 0 Å². The minimum absolute atomic E-state index is 0.0662. The summed E-state index contributed by atoms with van der Waals surface area (Å²) in [7, 11) is 3.19. The molecule has 232 valence electrons. The van der Waals surface area contributed by atoms with E-state index in [1.165, 1.54) is 7.11 Å². The highest BCUT2D eigenvalue weighted by Gasteiger charge is 2.27. The van der Waals surface area contributed by atoms with Gasteiger partial charge in [0.1, 0.15) is 7.11 Å². The molecule has 1 atom stereocenters. The second-order valence-corrected chi connectivity index (χ2v) is 12.7. The number of halogens is 4. The normalized spacial score (nSPS) is 15.5. The molecule has 1 N–H and O–H groups in total. The number of piperidine rings is 1. The fraction of sp³-hybridized carbons (Fsp3) is 0.344. The summed E-state index contributed by atoms with van der Waals surface area (Å²) in [4.78, 5) is 38.3. The molecule has 4 aromatic rings. The van der Waals surface area contributed by atoms with Crippen molar-refractivity contribution in [3.63, 3.8) is 0 Å². The SMILES string of the molecule is CO/N=C(/CN(C)C(=O)c1cc(Cl)cc(Cl)c1)[C@H](CCN1CCC(n2c(=O)[nH]c3ccccc32)CC1)c1ccc(Cl)c(Cl)c1. The number of aromatic nitrogens is 2. The molecule has 0 aliphatic carbocycles. The van der Waals surface area contributed by atoms with Gasteiger partial charge in [-0.25, -0.2) is 4.79 Å². The lowest BCUT2D eigenvalue weighted by atomic mass is 9.89. The largest absolute Gasteiger partial charge is 0.399 e. The highest BCUT2D eigenvalue weighted by molar-refractivity contribution is 6.42. The Hall–Kier alpha value is -3.01. The van der Waals surface area contributed by atoms with Crippen molar-refractivity contribution in [2.24, 2.45) is 5.16 Å². The summed E-state index contributed by atoms with van der Waals surface area (Å²) in [5.74, 6) is -0.461. The van der Waals surface area contributed by atoms with Crippen LogP contribution in [0.15, 0.2) is 70.6 Å². The molecule has 0 radical (unpaired) electrons. The fourth-order valence-electron chi connectivity index (χ4n) is 5.94. The maximum absolute atomic E-state index is 13.3. The van der Waals surface area contributed by atoms with Crippen molar-refractivity contribution in [3.05, 3.63) is 102 Å². The number of para-hydroxylation sites is 2. The van der Waals surface area contributed by atoms with Gasteiger partial charge in [-0.15, -0.1) is 0 Å². The third-order valence-corrected chi connectivity index (χ3v) is 9.27. The summed E-state index contributed by atoms with van der Waals surface area (Å²) in [6.45, 7) is 2.66. The number of aromatic amines is 1. The molecule has 0 bridgehead atoms. The van der Waals surface area contributed by atoms with E-state index in [1.54, 1.807) is 36.2 Å². The summed E-state index contributed by atoms with van der Waals surface area (Å²) in [6, 6.07) is 18.2. The topological polar surface area (TPSA) is 82.9 Å². The van der Waals surface area contributed by atoms with Crippen LogP contribution in [0.5, 0.6) is 0 Å². The van der Waals surface area contributed by atoms with Crippen LogP contribution in [-0.4, -0.2) is 71.3 Å². The summed E-state index contributed by atoms with van der Waals surface area (Å²) in [6.07, 6.45) is 2.41. The van der Waals surface area contributed by atoms with Crippen LogP contribution >= 0.6 is 46.4 Å². The minimum Gasteiger partial charge on any atom is -0.399 e. The number of oxime groups is 1. The van der Waals surface area contributed by atoms with Gasteiger partial charge in [-0.2, -0.15) is 0 Å². The van der Waals surface area contributed by atoms with Crippen molar-refractivity contribution in [2.45, 2.75) is 31.2 Å². The highest BCUT2D eigenvalue weighted by Crippen LogP contribution is 2.31. The monoisotopic (exact) mass is 675 g/mol. The number of amides is 1. The lowest BCUT2D eigenvalue weighted by Gasteiger charge is -2.33. The number of hydrogen-bond donors (Lipinski definition) is 1. The van der Waals surface area contributed by atoms with Crippen molar-refractivity contribution in [1.82, 2.24) is 19.4 Å². The summed E-state index contributed by atoms with van der Waals surface area (Å²) < 4.78 is 1.90. The van der Waals surface area contributed by atoms with Gasteiger partial charge in [-0.05, 0) is 73.8 Å². The zero-order valence-electron chi connectivity index (χ0n) is 24.4. The quantitative estimate of drug-likeness (QED) is 0.139. The first kappa shape index (κ1) is 32.4. The second kappa shape index (κ2) is 14.4. The molecule has 1 aliphatic heterocycles. The van der Waals surface area contributed by atoms with Crippen molar-refractivity contribution in [1.29, 1.82) is 0 Å². The van der Waals surface area contributed by atoms with E-state index in [4.69, 9.17) is 51.2 Å². The Morgan fingerprint density at radius 1 is 1.02 bits per heavy atom. The number of nitrogens with one attached hydrogen (secondary N) is 1. The van der Waals surface area contributed by atoms with Crippen LogP contribution in [0.4, 0.5) is 0 Å². The maximum Gasteiger partial charge on any atom is 0.326 e. The maximum atomic E-state index is 13.3. The molecular formula is C32H33Cl4N5O3. The fourth-order valence-corrected chi connectivity index (χ4v) is 6.77. The van der Waals surface area contributed by atoms with E-state index in [9.17, 15) is 9.59 Å². The molecule has 1 aliphatic rings. The summed E-state index contributed by atoms with van der Waals surface area (Å²) >= 11 is 25.0. The smallest absolute Gasteiger partial charge is 0.326 e. The van der Waals surface area contributed by atoms with Crippen molar-refractivity contribution in [2.75, 3.05) is 40.3 Å². The van der Waals surface area contributed by atoms with Gasteiger partial charge in [0.05, 0.1) is 33.3 Å². The van der Waals surface area contributed by atoms with E-state index >= 15 is 0 Å². The molecule has 1 fully saturated rings.